The highest BCUT2D eigenvalue weighted by Crippen LogP contribution is 2.28. The molecule has 6 nitrogen and oxygen atoms in total. The molecule has 2 N–H and O–H groups in total. The van der Waals surface area contributed by atoms with Gasteiger partial charge >= 0.3 is 0 Å². The lowest BCUT2D eigenvalue weighted by atomic mass is 9.88. The summed E-state index contributed by atoms with van der Waals surface area (Å²) in [6, 6.07) is 15.4. The SMILES string of the molecule is CCOc1ccc(-c2csc(NC(=O)CSc3cccc(NC(=O)C4CCCCC4)c3)n2)cc1. The van der Waals surface area contributed by atoms with Crippen molar-refractivity contribution in [1.29, 1.82) is 0 Å². The second kappa shape index (κ2) is 12.0. The Hall–Kier alpha value is -2.84. The molecule has 4 rings (SSSR count). The summed E-state index contributed by atoms with van der Waals surface area (Å²) in [6.45, 7) is 2.58. The number of aromatic nitrogens is 1. The molecule has 0 aliphatic heterocycles. The molecule has 1 aliphatic rings. The fraction of sp³-hybridized carbons (Fsp3) is 0.346. The molecular weight excluding hydrogens is 466 g/mol. The van der Waals surface area contributed by atoms with Crippen LogP contribution < -0.4 is 15.4 Å². The van der Waals surface area contributed by atoms with Crippen LogP contribution in [0.2, 0.25) is 0 Å². The quantitative estimate of drug-likeness (QED) is 0.333. The van der Waals surface area contributed by atoms with Gasteiger partial charge in [0.25, 0.3) is 0 Å². The minimum absolute atomic E-state index is 0.103. The standard InChI is InChI=1S/C26H29N3O3S2/c1-2-32-21-13-11-18(12-14-21)23-16-34-26(28-23)29-24(30)17-33-22-10-6-9-20(15-22)27-25(31)19-7-4-3-5-8-19/h6,9-16,19H,2-5,7-8,17H2,1H3,(H,27,31)(H,28,29,30). The van der Waals surface area contributed by atoms with E-state index in [2.05, 4.69) is 15.6 Å². The summed E-state index contributed by atoms with van der Waals surface area (Å²) in [7, 11) is 0. The van der Waals surface area contributed by atoms with Gasteiger partial charge in [0.05, 0.1) is 18.1 Å². The van der Waals surface area contributed by atoms with Crippen LogP contribution in [0.3, 0.4) is 0 Å². The zero-order valence-electron chi connectivity index (χ0n) is 19.2. The minimum Gasteiger partial charge on any atom is -0.494 e. The molecule has 3 aromatic rings. The van der Waals surface area contributed by atoms with Crippen molar-refractivity contribution in [2.75, 3.05) is 23.0 Å². The summed E-state index contributed by atoms with van der Waals surface area (Å²) >= 11 is 2.83. The molecule has 0 spiro atoms. The van der Waals surface area contributed by atoms with Gasteiger partial charge < -0.3 is 15.4 Å². The number of hydrogen-bond donors (Lipinski definition) is 2. The predicted molar refractivity (Wildman–Crippen MR) is 140 cm³/mol. The molecule has 1 saturated carbocycles. The lowest BCUT2D eigenvalue weighted by molar-refractivity contribution is -0.120. The maximum atomic E-state index is 12.5. The zero-order chi connectivity index (χ0) is 23.8. The average Bonchev–Trinajstić information content (AvgIpc) is 3.32. The van der Waals surface area contributed by atoms with Crippen LogP contribution in [0.25, 0.3) is 11.3 Å². The molecule has 1 aliphatic carbocycles. The molecule has 1 fully saturated rings. The number of benzene rings is 2. The summed E-state index contributed by atoms with van der Waals surface area (Å²) < 4.78 is 5.47. The molecule has 0 saturated heterocycles. The van der Waals surface area contributed by atoms with E-state index in [-0.39, 0.29) is 23.5 Å². The third-order valence-electron chi connectivity index (χ3n) is 5.66. The number of carbonyl (C=O) groups excluding carboxylic acids is 2. The highest BCUT2D eigenvalue weighted by atomic mass is 32.2. The Morgan fingerprint density at radius 1 is 1.09 bits per heavy atom. The lowest BCUT2D eigenvalue weighted by Crippen LogP contribution is -2.24. The van der Waals surface area contributed by atoms with Crippen molar-refractivity contribution in [3.8, 4) is 17.0 Å². The Morgan fingerprint density at radius 2 is 1.88 bits per heavy atom. The topological polar surface area (TPSA) is 80.3 Å². The van der Waals surface area contributed by atoms with Gasteiger partial charge in [-0.25, -0.2) is 4.98 Å². The zero-order valence-corrected chi connectivity index (χ0v) is 20.8. The fourth-order valence-corrected chi connectivity index (χ4v) is 5.42. The van der Waals surface area contributed by atoms with Gasteiger partial charge in [-0.1, -0.05) is 25.3 Å². The van der Waals surface area contributed by atoms with E-state index in [4.69, 9.17) is 4.74 Å². The number of amides is 2. The van der Waals surface area contributed by atoms with E-state index in [0.717, 1.165) is 53.3 Å². The van der Waals surface area contributed by atoms with Crippen LogP contribution >= 0.6 is 23.1 Å². The van der Waals surface area contributed by atoms with E-state index < -0.39 is 0 Å². The van der Waals surface area contributed by atoms with Gasteiger partial charge in [-0.3, -0.25) is 9.59 Å². The van der Waals surface area contributed by atoms with Crippen LogP contribution in [0.15, 0.2) is 58.8 Å². The Morgan fingerprint density at radius 3 is 2.65 bits per heavy atom. The van der Waals surface area contributed by atoms with E-state index in [1.54, 1.807) is 0 Å². The first-order chi connectivity index (χ1) is 16.6. The number of thioether (sulfide) groups is 1. The van der Waals surface area contributed by atoms with E-state index in [9.17, 15) is 9.59 Å². The molecule has 0 bridgehead atoms. The maximum absolute atomic E-state index is 12.5. The van der Waals surface area contributed by atoms with Crippen molar-refractivity contribution in [2.24, 2.45) is 5.92 Å². The summed E-state index contributed by atoms with van der Waals surface area (Å²) in [5.74, 6) is 1.19. The number of rotatable bonds is 9. The van der Waals surface area contributed by atoms with E-state index in [0.29, 0.717) is 11.7 Å². The smallest absolute Gasteiger partial charge is 0.236 e. The summed E-state index contributed by atoms with van der Waals surface area (Å²) in [5, 5.41) is 8.42. The maximum Gasteiger partial charge on any atom is 0.236 e. The van der Waals surface area contributed by atoms with Gasteiger partial charge in [0.1, 0.15) is 5.75 Å². The normalized spacial score (nSPS) is 13.9. The molecule has 0 radical (unpaired) electrons. The molecule has 2 aromatic carbocycles. The molecule has 1 aromatic heterocycles. The van der Waals surface area contributed by atoms with Crippen LogP contribution in [-0.2, 0) is 9.59 Å². The summed E-state index contributed by atoms with van der Waals surface area (Å²) in [6.07, 6.45) is 5.42. The summed E-state index contributed by atoms with van der Waals surface area (Å²) in [4.78, 5) is 30.4. The number of carbonyl (C=O) groups is 2. The van der Waals surface area contributed by atoms with Gasteiger partial charge in [-0.2, -0.15) is 0 Å². The summed E-state index contributed by atoms with van der Waals surface area (Å²) in [5.41, 5.74) is 2.57. The molecule has 8 heteroatoms. The first kappa shape index (κ1) is 24.3. The Bertz CT molecular complexity index is 1110. The van der Waals surface area contributed by atoms with E-state index >= 15 is 0 Å². The van der Waals surface area contributed by atoms with Crippen molar-refractivity contribution < 1.29 is 14.3 Å². The Labute approximate surface area is 208 Å². The van der Waals surface area contributed by atoms with Crippen LogP contribution in [0, 0.1) is 5.92 Å². The number of anilines is 2. The highest BCUT2D eigenvalue weighted by Gasteiger charge is 2.21. The van der Waals surface area contributed by atoms with Crippen LogP contribution in [0.1, 0.15) is 39.0 Å². The van der Waals surface area contributed by atoms with Crippen molar-refractivity contribution in [3.63, 3.8) is 0 Å². The monoisotopic (exact) mass is 495 g/mol. The second-order valence-corrected chi connectivity index (χ2v) is 10.1. The number of thiazole rings is 1. The van der Waals surface area contributed by atoms with E-state index in [1.165, 1.54) is 29.5 Å². The Balaban J connectivity index is 1.27. The molecule has 2 amide bonds. The van der Waals surface area contributed by atoms with Crippen LogP contribution in [0.4, 0.5) is 10.8 Å². The third-order valence-corrected chi connectivity index (χ3v) is 7.41. The largest absolute Gasteiger partial charge is 0.494 e. The highest BCUT2D eigenvalue weighted by molar-refractivity contribution is 8.00. The molecule has 0 unspecified atom stereocenters. The minimum atomic E-state index is -0.116. The molecule has 1 heterocycles. The molecule has 0 atom stereocenters. The molecular formula is C26H29N3O3S2. The second-order valence-electron chi connectivity index (χ2n) is 8.18. The van der Waals surface area contributed by atoms with Crippen molar-refractivity contribution >= 4 is 45.7 Å². The van der Waals surface area contributed by atoms with Crippen LogP contribution in [0.5, 0.6) is 5.75 Å². The first-order valence-electron chi connectivity index (χ1n) is 11.6. The number of ether oxygens (including phenoxy) is 1. The van der Waals surface area contributed by atoms with Crippen molar-refractivity contribution in [2.45, 2.75) is 43.9 Å². The molecule has 178 valence electrons. The van der Waals surface area contributed by atoms with Crippen molar-refractivity contribution in [3.05, 3.63) is 53.9 Å². The van der Waals surface area contributed by atoms with Gasteiger partial charge in [0.2, 0.25) is 11.8 Å². The van der Waals surface area contributed by atoms with Gasteiger partial charge in [-0.15, -0.1) is 23.1 Å². The number of hydrogen-bond acceptors (Lipinski definition) is 6. The first-order valence-corrected chi connectivity index (χ1v) is 13.5. The third kappa shape index (κ3) is 6.84. The van der Waals surface area contributed by atoms with Crippen molar-refractivity contribution in [1.82, 2.24) is 4.98 Å². The number of nitrogens with one attached hydrogen (secondary N) is 2. The fourth-order valence-electron chi connectivity index (χ4n) is 3.93. The Kier molecular flexibility index (Phi) is 8.60. The van der Waals surface area contributed by atoms with E-state index in [1.807, 2.05) is 60.8 Å². The number of nitrogens with zero attached hydrogens (tertiary/aromatic N) is 1. The van der Waals surface area contributed by atoms with Gasteiger partial charge in [-0.05, 0) is 62.2 Å². The predicted octanol–water partition coefficient (Wildman–Crippen LogP) is 6.46. The van der Waals surface area contributed by atoms with Gasteiger partial charge in [0, 0.05) is 27.4 Å². The lowest BCUT2D eigenvalue weighted by Gasteiger charge is -2.20. The average molecular weight is 496 g/mol. The van der Waals surface area contributed by atoms with Gasteiger partial charge in [0.15, 0.2) is 5.13 Å². The molecule has 34 heavy (non-hydrogen) atoms. The van der Waals surface area contributed by atoms with Crippen LogP contribution in [-0.4, -0.2) is 29.2 Å².